The van der Waals surface area contributed by atoms with Crippen LogP contribution < -0.4 is 15.6 Å². The highest BCUT2D eigenvalue weighted by atomic mass is 32.1. The summed E-state index contributed by atoms with van der Waals surface area (Å²) in [6.45, 7) is 3.50. The number of rotatable bonds is 6. The summed E-state index contributed by atoms with van der Waals surface area (Å²) in [5.41, 5.74) is 4.77. The zero-order valence-corrected chi connectivity index (χ0v) is 12.1. The molecular weight excluding hydrogens is 260 g/mol. The molecule has 0 saturated heterocycles. The first-order valence-corrected chi connectivity index (χ1v) is 6.57. The highest BCUT2D eigenvalue weighted by Crippen LogP contribution is 2.12. The summed E-state index contributed by atoms with van der Waals surface area (Å²) in [6.07, 6.45) is 1.71. The number of benzene rings is 1. The second-order valence-electron chi connectivity index (χ2n) is 3.97. The zero-order chi connectivity index (χ0) is 14.1. The van der Waals surface area contributed by atoms with Crippen LogP contribution in [0.1, 0.15) is 12.5 Å². The molecule has 0 unspecified atom stereocenters. The highest BCUT2D eigenvalue weighted by Gasteiger charge is 1.98. The molecule has 104 valence electrons. The summed E-state index contributed by atoms with van der Waals surface area (Å²) < 4.78 is 0. The number of hydrazone groups is 1. The number of thiocarbonyl (C=S) groups is 1. The van der Waals surface area contributed by atoms with Crippen LogP contribution in [0.15, 0.2) is 29.4 Å². The fourth-order valence-corrected chi connectivity index (χ4v) is 1.66. The number of aliphatic hydroxyl groups excluding tert-OH is 1. The average Bonchev–Trinajstić information content (AvgIpc) is 2.40. The predicted octanol–water partition coefficient (Wildman–Crippen LogP) is 0.933. The Morgan fingerprint density at radius 3 is 2.68 bits per heavy atom. The zero-order valence-electron chi connectivity index (χ0n) is 11.3. The van der Waals surface area contributed by atoms with E-state index in [4.69, 9.17) is 17.3 Å². The Bertz CT molecular complexity index is 419. The molecule has 1 rings (SSSR count). The minimum absolute atomic E-state index is 0.144. The minimum Gasteiger partial charge on any atom is -0.395 e. The van der Waals surface area contributed by atoms with Crippen molar-refractivity contribution in [1.82, 2.24) is 10.7 Å². The fraction of sp³-hybridized carbons (Fsp3) is 0.385. The van der Waals surface area contributed by atoms with E-state index in [2.05, 4.69) is 15.8 Å². The molecule has 0 aromatic heterocycles. The molecule has 0 amide bonds. The molecular formula is C13H20N4OS. The van der Waals surface area contributed by atoms with Crippen LogP contribution in [0.25, 0.3) is 0 Å². The Balaban J connectivity index is 2.52. The van der Waals surface area contributed by atoms with E-state index in [1.807, 2.05) is 43.1 Å². The number of hydrogen-bond acceptors (Lipinski definition) is 4. The smallest absolute Gasteiger partial charge is 0.186 e. The van der Waals surface area contributed by atoms with E-state index in [-0.39, 0.29) is 6.61 Å². The normalized spacial score (nSPS) is 10.5. The van der Waals surface area contributed by atoms with Gasteiger partial charge in [0, 0.05) is 25.8 Å². The van der Waals surface area contributed by atoms with Crippen molar-refractivity contribution in [3.8, 4) is 0 Å². The molecule has 19 heavy (non-hydrogen) atoms. The Hall–Kier alpha value is -1.66. The lowest BCUT2D eigenvalue weighted by atomic mass is 10.2. The summed E-state index contributed by atoms with van der Waals surface area (Å²) in [5, 5.41) is 16.4. The fourth-order valence-electron chi connectivity index (χ4n) is 1.46. The predicted molar refractivity (Wildman–Crippen MR) is 83.8 cm³/mol. The number of hydrogen-bond donors (Lipinski definition) is 3. The van der Waals surface area contributed by atoms with Crippen molar-refractivity contribution in [3.63, 3.8) is 0 Å². The lowest BCUT2D eigenvalue weighted by Crippen LogP contribution is -2.31. The van der Waals surface area contributed by atoms with Gasteiger partial charge in [-0.05, 0) is 36.8 Å². The Morgan fingerprint density at radius 2 is 2.11 bits per heavy atom. The molecule has 0 aliphatic rings. The van der Waals surface area contributed by atoms with Gasteiger partial charge in [0.25, 0.3) is 0 Å². The van der Waals surface area contributed by atoms with Crippen LogP contribution in [0.3, 0.4) is 0 Å². The van der Waals surface area contributed by atoms with Gasteiger partial charge in [-0.25, -0.2) is 0 Å². The molecule has 0 atom stereocenters. The van der Waals surface area contributed by atoms with Gasteiger partial charge >= 0.3 is 0 Å². The SMILES string of the molecule is CCNC(=S)N/N=C\c1ccc(N(C)CCO)cc1. The monoisotopic (exact) mass is 280 g/mol. The van der Waals surface area contributed by atoms with E-state index in [0.717, 1.165) is 17.8 Å². The Labute approximate surface area is 119 Å². The molecule has 0 aliphatic heterocycles. The van der Waals surface area contributed by atoms with Gasteiger partial charge in [-0.1, -0.05) is 12.1 Å². The number of likely N-dealkylation sites (N-methyl/N-ethyl adjacent to an activating group) is 1. The van der Waals surface area contributed by atoms with E-state index in [1.165, 1.54) is 0 Å². The number of nitrogens with one attached hydrogen (secondary N) is 2. The van der Waals surface area contributed by atoms with Crippen LogP contribution in [0.4, 0.5) is 5.69 Å². The molecule has 0 bridgehead atoms. The van der Waals surface area contributed by atoms with Crippen LogP contribution in [0.5, 0.6) is 0 Å². The third kappa shape index (κ3) is 5.67. The molecule has 1 aromatic rings. The summed E-state index contributed by atoms with van der Waals surface area (Å²) in [6, 6.07) is 7.90. The maximum Gasteiger partial charge on any atom is 0.186 e. The van der Waals surface area contributed by atoms with Crippen LogP contribution in [0.2, 0.25) is 0 Å². The van der Waals surface area contributed by atoms with Crippen LogP contribution in [-0.2, 0) is 0 Å². The molecule has 0 radical (unpaired) electrons. The third-order valence-electron chi connectivity index (χ3n) is 2.49. The molecule has 3 N–H and O–H groups in total. The molecule has 1 aromatic carbocycles. The van der Waals surface area contributed by atoms with Gasteiger partial charge in [-0.2, -0.15) is 5.10 Å². The lowest BCUT2D eigenvalue weighted by molar-refractivity contribution is 0.304. The summed E-state index contributed by atoms with van der Waals surface area (Å²) in [5.74, 6) is 0. The first-order valence-electron chi connectivity index (χ1n) is 6.16. The Kier molecular flexibility index (Phi) is 6.84. The molecule has 0 spiro atoms. The maximum atomic E-state index is 8.88. The van der Waals surface area contributed by atoms with Gasteiger partial charge in [-0.3, -0.25) is 5.43 Å². The van der Waals surface area contributed by atoms with Gasteiger partial charge in [0.05, 0.1) is 12.8 Å². The average molecular weight is 280 g/mol. The van der Waals surface area contributed by atoms with E-state index in [9.17, 15) is 0 Å². The van der Waals surface area contributed by atoms with Crippen LogP contribution in [0, 0.1) is 0 Å². The van der Waals surface area contributed by atoms with Crippen molar-refractivity contribution in [1.29, 1.82) is 0 Å². The second kappa shape index (κ2) is 8.44. The van der Waals surface area contributed by atoms with E-state index >= 15 is 0 Å². The molecule has 0 fully saturated rings. The highest BCUT2D eigenvalue weighted by molar-refractivity contribution is 7.80. The van der Waals surface area contributed by atoms with Gasteiger partial charge in [0.15, 0.2) is 5.11 Å². The second-order valence-corrected chi connectivity index (χ2v) is 4.37. The summed E-state index contributed by atoms with van der Waals surface area (Å²) in [7, 11) is 1.94. The molecule has 5 nitrogen and oxygen atoms in total. The number of aliphatic hydroxyl groups is 1. The number of nitrogens with zero attached hydrogens (tertiary/aromatic N) is 2. The lowest BCUT2D eigenvalue weighted by Gasteiger charge is -2.17. The first kappa shape index (κ1) is 15.4. The van der Waals surface area contributed by atoms with Crippen LogP contribution in [-0.4, -0.2) is 43.2 Å². The third-order valence-corrected chi connectivity index (χ3v) is 2.72. The summed E-state index contributed by atoms with van der Waals surface area (Å²) in [4.78, 5) is 1.99. The van der Waals surface area contributed by atoms with E-state index < -0.39 is 0 Å². The van der Waals surface area contributed by atoms with Crippen molar-refractivity contribution in [2.24, 2.45) is 5.10 Å². The van der Waals surface area contributed by atoms with Crippen molar-refractivity contribution in [2.45, 2.75) is 6.92 Å². The van der Waals surface area contributed by atoms with Gasteiger partial charge < -0.3 is 15.3 Å². The number of anilines is 1. The molecule has 6 heteroatoms. The molecule has 0 saturated carbocycles. The topological polar surface area (TPSA) is 59.9 Å². The van der Waals surface area contributed by atoms with Gasteiger partial charge in [0.1, 0.15) is 0 Å². The molecule has 0 heterocycles. The van der Waals surface area contributed by atoms with Gasteiger partial charge in [-0.15, -0.1) is 0 Å². The van der Waals surface area contributed by atoms with Crippen LogP contribution >= 0.6 is 12.2 Å². The standard InChI is InChI=1S/C13H20N4OS/c1-3-14-13(19)16-15-10-11-4-6-12(7-5-11)17(2)8-9-18/h4-7,10,18H,3,8-9H2,1-2H3,(H2,14,16,19)/b15-10-. The largest absolute Gasteiger partial charge is 0.395 e. The maximum absolute atomic E-state index is 8.88. The molecule has 0 aliphatic carbocycles. The Morgan fingerprint density at radius 1 is 1.42 bits per heavy atom. The van der Waals surface area contributed by atoms with Crippen molar-refractivity contribution in [2.75, 3.05) is 31.6 Å². The first-order chi connectivity index (χ1) is 9.17. The van der Waals surface area contributed by atoms with Crippen molar-refractivity contribution < 1.29 is 5.11 Å². The van der Waals surface area contributed by atoms with E-state index in [1.54, 1.807) is 6.21 Å². The van der Waals surface area contributed by atoms with E-state index in [0.29, 0.717) is 11.7 Å². The minimum atomic E-state index is 0.144. The van der Waals surface area contributed by atoms with Crippen molar-refractivity contribution >= 4 is 29.2 Å². The van der Waals surface area contributed by atoms with Crippen molar-refractivity contribution in [3.05, 3.63) is 29.8 Å². The quantitative estimate of drug-likeness (QED) is 0.411. The van der Waals surface area contributed by atoms with Gasteiger partial charge in [0.2, 0.25) is 0 Å². The summed E-state index contributed by atoms with van der Waals surface area (Å²) >= 11 is 4.99.